The molecule has 2 atom stereocenters. The van der Waals surface area contributed by atoms with E-state index in [1.165, 1.54) is 231 Å². The van der Waals surface area contributed by atoms with Crippen LogP contribution in [-0.2, 0) is 32.7 Å². The average Bonchev–Trinajstić information content (AvgIpc) is 2.72. The minimum absolute atomic E-state index is 0.0307. The van der Waals surface area contributed by atoms with Gasteiger partial charge in [-0.05, 0) is 103 Å². The van der Waals surface area contributed by atoms with Crippen molar-refractivity contribution in [2.75, 3.05) is 47.5 Å². The Morgan fingerprint density at radius 3 is 0.833 bits per heavy atom. The fourth-order valence-corrected chi connectivity index (χ4v) is 12.2. The zero-order chi connectivity index (χ0) is 69.7. The fraction of sp³-hybridized carbons (Fsp3) is 0.744. The molecule has 96 heavy (non-hydrogen) atoms. The van der Waals surface area contributed by atoms with Gasteiger partial charge in [0.25, 0.3) is 0 Å². The number of nitrogens with zero attached hydrogens (tertiary/aromatic N) is 1. The number of rotatable bonds is 74. The Bertz CT molecular complexity index is 2040. The van der Waals surface area contributed by atoms with E-state index in [4.69, 9.17) is 18.5 Å². The van der Waals surface area contributed by atoms with Crippen LogP contribution in [-0.4, -0.2) is 74.9 Å². The molecule has 0 aliphatic rings. The Morgan fingerprint density at radius 1 is 0.323 bits per heavy atom. The number of esters is 2. The van der Waals surface area contributed by atoms with Crippen molar-refractivity contribution in [3.8, 4) is 0 Å². The smallest absolute Gasteiger partial charge is 0.462 e. The van der Waals surface area contributed by atoms with Crippen LogP contribution in [0.1, 0.15) is 361 Å². The van der Waals surface area contributed by atoms with Crippen LogP contribution < -0.4 is 0 Å². The van der Waals surface area contributed by atoms with Crippen LogP contribution in [0.5, 0.6) is 0 Å². The van der Waals surface area contributed by atoms with Gasteiger partial charge in [-0.3, -0.25) is 18.6 Å². The van der Waals surface area contributed by atoms with Crippen molar-refractivity contribution in [1.82, 2.24) is 0 Å². The summed E-state index contributed by atoms with van der Waals surface area (Å²) in [7, 11) is 1.49. The molecule has 2 unspecified atom stereocenters. The molecule has 0 spiro atoms. The van der Waals surface area contributed by atoms with E-state index in [0.29, 0.717) is 17.4 Å². The largest absolute Gasteiger partial charge is 0.472 e. The van der Waals surface area contributed by atoms with Crippen molar-refractivity contribution in [2.45, 2.75) is 367 Å². The number of quaternary nitrogens is 1. The second-order valence-electron chi connectivity index (χ2n) is 28.0. The summed E-state index contributed by atoms with van der Waals surface area (Å²) in [6, 6.07) is 0. The average molecular weight is 1360 g/mol. The molecule has 0 aromatic heterocycles. The second-order valence-corrected chi connectivity index (χ2v) is 29.5. The van der Waals surface area contributed by atoms with Gasteiger partial charge in [0.1, 0.15) is 19.8 Å². The molecule has 0 rings (SSSR count). The molecular formula is C86H153NO8P+. The maximum atomic E-state index is 12.9. The van der Waals surface area contributed by atoms with Gasteiger partial charge in [-0.25, -0.2) is 4.57 Å². The van der Waals surface area contributed by atoms with Crippen LogP contribution in [0.25, 0.3) is 0 Å². The summed E-state index contributed by atoms with van der Waals surface area (Å²) in [6.45, 7) is 4.25. The third-order valence-electron chi connectivity index (χ3n) is 17.5. The quantitative estimate of drug-likeness (QED) is 0.0211. The van der Waals surface area contributed by atoms with E-state index in [9.17, 15) is 19.0 Å². The molecule has 9 nitrogen and oxygen atoms in total. The highest BCUT2D eigenvalue weighted by molar-refractivity contribution is 7.47. The lowest BCUT2D eigenvalue weighted by Crippen LogP contribution is -2.37. The Kier molecular flexibility index (Phi) is 72.8. The van der Waals surface area contributed by atoms with Crippen LogP contribution >= 0.6 is 7.82 Å². The molecule has 0 aromatic rings. The lowest BCUT2D eigenvalue weighted by molar-refractivity contribution is -0.870. The monoisotopic (exact) mass is 1360 g/mol. The van der Waals surface area contributed by atoms with Gasteiger partial charge in [0.15, 0.2) is 6.10 Å². The van der Waals surface area contributed by atoms with Crippen LogP contribution in [0, 0.1) is 0 Å². The summed E-state index contributed by atoms with van der Waals surface area (Å²) in [4.78, 5) is 36.0. The Balaban J connectivity index is 3.94. The van der Waals surface area contributed by atoms with E-state index in [1.54, 1.807) is 0 Å². The summed E-state index contributed by atoms with van der Waals surface area (Å²) in [6.07, 6.45) is 109. The Labute approximate surface area is 594 Å². The molecule has 0 radical (unpaired) electrons. The highest BCUT2D eigenvalue weighted by Crippen LogP contribution is 2.43. The first kappa shape index (κ1) is 92.4. The first-order chi connectivity index (χ1) is 47.0. The predicted octanol–water partition coefficient (Wildman–Crippen LogP) is 26.9. The van der Waals surface area contributed by atoms with Crippen LogP contribution in [0.2, 0.25) is 0 Å². The molecule has 0 bridgehead atoms. The molecule has 0 aliphatic carbocycles. The first-order valence-electron chi connectivity index (χ1n) is 40.3. The van der Waals surface area contributed by atoms with Gasteiger partial charge < -0.3 is 18.9 Å². The van der Waals surface area contributed by atoms with Gasteiger partial charge in [0.2, 0.25) is 0 Å². The molecule has 0 saturated heterocycles. The van der Waals surface area contributed by atoms with E-state index in [-0.39, 0.29) is 32.0 Å². The maximum Gasteiger partial charge on any atom is 0.472 e. The fourth-order valence-electron chi connectivity index (χ4n) is 11.4. The number of phosphoric acid groups is 1. The van der Waals surface area contributed by atoms with Crippen molar-refractivity contribution in [3.63, 3.8) is 0 Å². The molecule has 0 fully saturated rings. The van der Waals surface area contributed by atoms with E-state index in [0.717, 1.165) is 96.3 Å². The second kappa shape index (κ2) is 75.6. The lowest BCUT2D eigenvalue weighted by atomic mass is 10.0. The Morgan fingerprint density at radius 2 is 0.562 bits per heavy atom. The third kappa shape index (κ3) is 79.4. The highest BCUT2D eigenvalue weighted by atomic mass is 31.2. The van der Waals surface area contributed by atoms with Crippen molar-refractivity contribution in [3.05, 3.63) is 122 Å². The van der Waals surface area contributed by atoms with Gasteiger partial charge in [0.05, 0.1) is 27.7 Å². The number of unbranched alkanes of at least 4 members (excludes halogenated alkanes) is 40. The summed E-state index contributed by atoms with van der Waals surface area (Å²) in [5.74, 6) is -0.782. The van der Waals surface area contributed by atoms with Crippen molar-refractivity contribution in [1.29, 1.82) is 0 Å². The molecule has 0 saturated carbocycles. The van der Waals surface area contributed by atoms with Gasteiger partial charge in [0, 0.05) is 12.8 Å². The standard InChI is InChI=1S/C86H152NO8P/c1-6-8-10-12-14-16-18-20-22-24-26-28-30-32-34-36-38-40-42-43-45-47-49-51-53-55-57-59-61-63-65-67-69-71-73-75-77-79-86(89)95-84(83-94-96(90,91)93-81-80-87(3,4)5)82-92-85(88)78-76-74-72-70-68-66-64-62-60-58-56-54-52-50-48-46-44-41-39-37-35-33-31-29-27-25-23-21-19-17-15-13-11-9-7-2/h8-11,14-17,20-23,26-29,32-35,84H,6-7,12-13,18-19,24-25,30-31,36-83H2,1-5H3/p+1/b10-8-,11-9-,16-14-,17-15-,22-20-,23-21-,28-26-,29-27-,34-32-,35-33-. The van der Waals surface area contributed by atoms with Crippen LogP contribution in [0.15, 0.2) is 122 Å². The predicted molar refractivity (Wildman–Crippen MR) is 418 cm³/mol. The molecular weight excluding hydrogens is 1210 g/mol. The summed E-state index contributed by atoms with van der Waals surface area (Å²) < 4.78 is 34.8. The topological polar surface area (TPSA) is 108 Å². The van der Waals surface area contributed by atoms with Gasteiger partial charge in [-0.1, -0.05) is 367 Å². The molecule has 0 aliphatic heterocycles. The molecule has 10 heteroatoms. The Hall–Kier alpha value is -3.59. The third-order valence-corrected chi connectivity index (χ3v) is 18.5. The summed E-state index contributed by atoms with van der Waals surface area (Å²) in [5, 5.41) is 0. The number of likely N-dealkylation sites (N-methyl/N-ethyl adjacent to an activating group) is 1. The molecule has 0 aromatic carbocycles. The number of carbonyl (C=O) groups excluding carboxylic acids is 2. The normalized spacial score (nSPS) is 13.7. The van der Waals surface area contributed by atoms with Crippen LogP contribution in [0.4, 0.5) is 0 Å². The van der Waals surface area contributed by atoms with E-state index >= 15 is 0 Å². The van der Waals surface area contributed by atoms with E-state index in [1.807, 2.05) is 21.1 Å². The number of hydrogen-bond donors (Lipinski definition) is 1. The van der Waals surface area contributed by atoms with Crippen molar-refractivity contribution in [2.24, 2.45) is 0 Å². The molecule has 1 N–H and O–H groups in total. The highest BCUT2D eigenvalue weighted by Gasteiger charge is 2.27. The number of phosphoric ester groups is 1. The number of allylic oxidation sites excluding steroid dienone is 20. The number of hydrogen-bond acceptors (Lipinski definition) is 7. The molecule has 0 amide bonds. The molecule has 554 valence electrons. The number of ether oxygens (including phenoxy) is 2. The minimum Gasteiger partial charge on any atom is -0.462 e. The zero-order valence-corrected chi connectivity index (χ0v) is 64.2. The SMILES string of the molecule is CC/C=C\C/C=C\C/C=C\C/C=C\C/C=C\CCCCCCCCCCCCCCCCCCCCCCCC(=O)OC(COC(=O)CCCCCCCCCCCCCCCCCCCCC/C=C\C/C=C\C/C=C\C/C=C\C/C=C\CC)COP(=O)(O)OCC[N+](C)(C)C. The van der Waals surface area contributed by atoms with Crippen molar-refractivity contribution < 1.29 is 42.1 Å². The minimum atomic E-state index is -4.40. The van der Waals surface area contributed by atoms with E-state index < -0.39 is 26.5 Å². The van der Waals surface area contributed by atoms with Crippen molar-refractivity contribution >= 4 is 19.8 Å². The van der Waals surface area contributed by atoms with Gasteiger partial charge >= 0.3 is 19.8 Å². The van der Waals surface area contributed by atoms with Crippen LogP contribution in [0.3, 0.4) is 0 Å². The summed E-state index contributed by atoms with van der Waals surface area (Å²) >= 11 is 0. The lowest BCUT2D eigenvalue weighted by Gasteiger charge is -2.24. The van der Waals surface area contributed by atoms with E-state index in [2.05, 4.69) is 135 Å². The molecule has 0 heterocycles. The zero-order valence-electron chi connectivity index (χ0n) is 63.3. The maximum absolute atomic E-state index is 12.9. The first-order valence-corrected chi connectivity index (χ1v) is 41.8. The summed E-state index contributed by atoms with van der Waals surface area (Å²) in [5.41, 5.74) is 0. The number of carbonyl (C=O) groups is 2. The van der Waals surface area contributed by atoms with Gasteiger partial charge in [-0.2, -0.15) is 0 Å². The van der Waals surface area contributed by atoms with Gasteiger partial charge in [-0.15, -0.1) is 0 Å².